The van der Waals surface area contributed by atoms with E-state index >= 15 is 0 Å². The fourth-order valence-electron chi connectivity index (χ4n) is 3.74. The summed E-state index contributed by atoms with van der Waals surface area (Å²) in [4.78, 5) is 29.0. The predicted molar refractivity (Wildman–Crippen MR) is 120 cm³/mol. The van der Waals surface area contributed by atoms with E-state index < -0.39 is 0 Å². The molecule has 4 rings (SSSR count). The van der Waals surface area contributed by atoms with Crippen molar-refractivity contribution in [1.29, 1.82) is 0 Å². The lowest BCUT2D eigenvalue weighted by Crippen LogP contribution is -2.49. The quantitative estimate of drug-likeness (QED) is 0.616. The molecule has 31 heavy (non-hydrogen) atoms. The van der Waals surface area contributed by atoms with Crippen molar-refractivity contribution in [2.24, 2.45) is 0 Å². The molecule has 0 saturated carbocycles. The minimum Gasteiger partial charge on any atom is -0.497 e. The topological polar surface area (TPSA) is 67.7 Å². The number of methoxy groups -OCH3 is 1. The van der Waals surface area contributed by atoms with Crippen molar-refractivity contribution in [2.45, 2.75) is 13.0 Å². The van der Waals surface area contributed by atoms with Gasteiger partial charge in [0.05, 0.1) is 19.3 Å². The molecule has 1 amide bonds. The number of aromatic nitrogens is 2. The molecule has 1 saturated heterocycles. The van der Waals surface area contributed by atoms with Gasteiger partial charge in [0.25, 0.3) is 5.56 Å². The maximum Gasteiger partial charge on any atom is 0.266 e. The summed E-state index contributed by atoms with van der Waals surface area (Å²) in [5.41, 5.74) is 2.59. The second-order valence-corrected chi connectivity index (χ2v) is 7.46. The number of rotatable bonds is 6. The van der Waals surface area contributed by atoms with Gasteiger partial charge >= 0.3 is 0 Å². The highest BCUT2D eigenvalue weighted by atomic mass is 16.5. The fraction of sp³-hybridized carbons (Fsp3) is 0.292. The maximum atomic E-state index is 12.7. The number of benzene rings is 2. The molecule has 160 valence electrons. The van der Waals surface area contributed by atoms with Crippen LogP contribution in [0, 0.1) is 0 Å². The molecule has 7 heteroatoms. The summed E-state index contributed by atoms with van der Waals surface area (Å²) >= 11 is 0. The van der Waals surface area contributed by atoms with Crippen molar-refractivity contribution in [3.05, 3.63) is 77.1 Å². The lowest BCUT2D eigenvalue weighted by molar-refractivity contribution is -0.131. The summed E-state index contributed by atoms with van der Waals surface area (Å²) in [5.74, 6) is 0.881. The van der Waals surface area contributed by atoms with Crippen molar-refractivity contribution in [2.75, 3.05) is 38.2 Å². The van der Waals surface area contributed by atoms with Crippen LogP contribution in [-0.2, 0) is 11.3 Å². The van der Waals surface area contributed by atoms with E-state index in [4.69, 9.17) is 4.74 Å². The molecule has 3 aromatic rings. The fourth-order valence-corrected chi connectivity index (χ4v) is 3.74. The first kappa shape index (κ1) is 20.7. The molecule has 0 unspecified atom stereocenters. The van der Waals surface area contributed by atoms with Gasteiger partial charge < -0.3 is 14.5 Å². The van der Waals surface area contributed by atoms with Crippen molar-refractivity contribution >= 4 is 11.6 Å². The van der Waals surface area contributed by atoms with Crippen LogP contribution in [0.25, 0.3) is 11.3 Å². The van der Waals surface area contributed by atoms with E-state index in [1.807, 2.05) is 59.5 Å². The van der Waals surface area contributed by atoms with Gasteiger partial charge in [-0.05, 0) is 30.3 Å². The minimum absolute atomic E-state index is 0.0493. The Morgan fingerprint density at radius 3 is 2.32 bits per heavy atom. The molecule has 0 N–H and O–H groups in total. The van der Waals surface area contributed by atoms with E-state index in [1.54, 1.807) is 13.2 Å². The first-order chi connectivity index (χ1) is 15.1. The standard InChI is InChI=1S/C24H26N4O3/c1-31-21-9-7-20(8-10-21)26-15-17-27(18-16-26)23(29)13-14-28-24(30)12-11-22(25-28)19-5-3-2-4-6-19/h2-12H,13-18H2,1H3. The summed E-state index contributed by atoms with van der Waals surface area (Å²) < 4.78 is 6.59. The van der Waals surface area contributed by atoms with Crippen LogP contribution in [-0.4, -0.2) is 53.9 Å². The first-order valence-corrected chi connectivity index (χ1v) is 10.4. The average Bonchev–Trinajstić information content (AvgIpc) is 2.84. The highest BCUT2D eigenvalue weighted by Gasteiger charge is 2.21. The Morgan fingerprint density at radius 2 is 1.65 bits per heavy atom. The normalized spacial score (nSPS) is 13.8. The number of nitrogens with zero attached hydrogens (tertiary/aromatic N) is 4. The molecule has 1 fully saturated rings. The summed E-state index contributed by atoms with van der Waals surface area (Å²) in [7, 11) is 1.65. The Hall–Kier alpha value is -3.61. The average molecular weight is 418 g/mol. The molecule has 0 spiro atoms. The van der Waals surface area contributed by atoms with Gasteiger partial charge in [-0.2, -0.15) is 5.10 Å². The number of piperazine rings is 1. The van der Waals surface area contributed by atoms with E-state index in [9.17, 15) is 9.59 Å². The second-order valence-electron chi connectivity index (χ2n) is 7.46. The third-order valence-electron chi connectivity index (χ3n) is 5.54. The molecule has 0 atom stereocenters. The van der Waals surface area contributed by atoms with E-state index in [0.29, 0.717) is 13.1 Å². The SMILES string of the molecule is COc1ccc(N2CCN(C(=O)CCn3nc(-c4ccccc4)ccc3=O)CC2)cc1. The van der Waals surface area contributed by atoms with Gasteiger partial charge in [0.2, 0.25) is 5.91 Å². The zero-order valence-corrected chi connectivity index (χ0v) is 17.6. The predicted octanol–water partition coefficient (Wildman–Crippen LogP) is 2.66. The van der Waals surface area contributed by atoms with Gasteiger partial charge in [-0.25, -0.2) is 4.68 Å². The van der Waals surface area contributed by atoms with Crippen molar-refractivity contribution < 1.29 is 9.53 Å². The first-order valence-electron chi connectivity index (χ1n) is 10.4. The Bertz CT molecular complexity index is 1070. The van der Waals surface area contributed by atoms with Crippen molar-refractivity contribution in [3.63, 3.8) is 0 Å². The van der Waals surface area contributed by atoms with Crippen molar-refractivity contribution in [1.82, 2.24) is 14.7 Å². The van der Waals surface area contributed by atoms with E-state index in [-0.39, 0.29) is 24.4 Å². The Labute approximate surface area is 181 Å². The third-order valence-corrected chi connectivity index (χ3v) is 5.54. The van der Waals surface area contributed by atoms with Gasteiger partial charge in [0.15, 0.2) is 0 Å². The second kappa shape index (κ2) is 9.47. The number of anilines is 1. The molecule has 1 aliphatic rings. The van der Waals surface area contributed by atoms with Crippen LogP contribution in [0.1, 0.15) is 6.42 Å². The Balaban J connectivity index is 1.33. The van der Waals surface area contributed by atoms with E-state index in [0.717, 1.165) is 35.8 Å². The largest absolute Gasteiger partial charge is 0.497 e. The minimum atomic E-state index is -0.197. The maximum absolute atomic E-state index is 12.7. The van der Waals surface area contributed by atoms with Gasteiger partial charge in [0, 0.05) is 49.9 Å². The van der Waals surface area contributed by atoms with Crippen LogP contribution in [0.4, 0.5) is 5.69 Å². The zero-order valence-electron chi connectivity index (χ0n) is 17.6. The number of amides is 1. The molecule has 1 aromatic heterocycles. The van der Waals surface area contributed by atoms with Gasteiger partial charge in [0.1, 0.15) is 5.75 Å². The van der Waals surface area contributed by atoms with Crippen molar-refractivity contribution in [3.8, 4) is 17.0 Å². The molecular formula is C24H26N4O3. The van der Waals surface area contributed by atoms with Gasteiger partial charge in [-0.3, -0.25) is 9.59 Å². The smallest absolute Gasteiger partial charge is 0.266 e. The summed E-state index contributed by atoms with van der Waals surface area (Å²) in [6.07, 6.45) is 0.258. The molecule has 7 nitrogen and oxygen atoms in total. The lowest BCUT2D eigenvalue weighted by Gasteiger charge is -2.36. The highest BCUT2D eigenvalue weighted by molar-refractivity contribution is 5.76. The van der Waals surface area contributed by atoms with Gasteiger partial charge in [-0.15, -0.1) is 0 Å². The lowest BCUT2D eigenvalue weighted by atomic mass is 10.1. The van der Waals surface area contributed by atoms with Crippen LogP contribution >= 0.6 is 0 Å². The van der Waals surface area contributed by atoms with Crippen LogP contribution in [0.2, 0.25) is 0 Å². The molecule has 0 bridgehead atoms. The van der Waals surface area contributed by atoms with Crippen LogP contribution in [0.5, 0.6) is 5.75 Å². The molecule has 2 aromatic carbocycles. The molecule has 0 radical (unpaired) electrons. The number of carbonyl (C=O) groups is 1. The van der Waals surface area contributed by atoms with E-state index in [2.05, 4.69) is 10.00 Å². The monoisotopic (exact) mass is 418 g/mol. The third kappa shape index (κ3) is 4.94. The highest BCUT2D eigenvalue weighted by Crippen LogP contribution is 2.20. The number of ether oxygens (including phenoxy) is 1. The number of carbonyl (C=O) groups excluding carboxylic acids is 1. The van der Waals surface area contributed by atoms with Crippen LogP contribution in [0.3, 0.4) is 0 Å². The van der Waals surface area contributed by atoms with Crippen LogP contribution < -0.4 is 15.2 Å². The summed E-state index contributed by atoms with van der Waals surface area (Å²) in [6, 6.07) is 20.9. The summed E-state index contributed by atoms with van der Waals surface area (Å²) in [5, 5.41) is 4.44. The molecular weight excluding hydrogens is 392 g/mol. The van der Waals surface area contributed by atoms with E-state index in [1.165, 1.54) is 10.7 Å². The molecule has 2 heterocycles. The number of aryl methyl sites for hydroxylation is 1. The number of hydrogen-bond acceptors (Lipinski definition) is 5. The summed E-state index contributed by atoms with van der Waals surface area (Å²) in [6.45, 7) is 3.16. The molecule has 1 aliphatic heterocycles. The Kier molecular flexibility index (Phi) is 6.31. The van der Waals surface area contributed by atoms with Gasteiger partial charge in [-0.1, -0.05) is 30.3 Å². The zero-order chi connectivity index (χ0) is 21.6. The molecule has 0 aliphatic carbocycles. The Morgan fingerprint density at radius 1 is 0.935 bits per heavy atom. The number of hydrogen-bond donors (Lipinski definition) is 0. The van der Waals surface area contributed by atoms with Crippen LogP contribution in [0.15, 0.2) is 71.5 Å².